The maximum atomic E-state index is 15.2. The van der Waals surface area contributed by atoms with Crippen molar-refractivity contribution in [2.24, 2.45) is 5.73 Å². The normalized spacial score (nSPS) is 27.9. The number of hydrogen-bond acceptors (Lipinski definition) is 8. The monoisotopic (exact) mass is 533 g/mol. The van der Waals surface area contributed by atoms with Crippen LogP contribution in [0.1, 0.15) is 60.8 Å². The summed E-state index contributed by atoms with van der Waals surface area (Å²) in [6.07, 6.45) is 6.46. The summed E-state index contributed by atoms with van der Waals surface area (Å²) in [6.45, 7) is 1.53. The number of halogens is 1. The molecular formula is C29H36FN7O2. The predicted octanol–water partition coefficient (Wildman–Crippen LogP) is 1.63. The minimum absolute atomic E-state index is 0.0767. The molecule has 0 spiro atoms. The van der Waals surface area contributed by atoms with Crippen molar-refractivity contribution in [1.29, 1.82) is 0 Å². The van der Waals surface area contributed by atoms with Crippen LogP contribution in [-0.4, -0.2) is 52.3 Å². The third-order valence-electron chi connectivity index (χ3n) is 8.59. The van der Waals surface area contributed by atoms with Gasteiger partial charge in [0.1, 0.15) is 12.1 Å². The van der Waals surface area contributed by atoms with E-state index in [1.807, 2.05) is 18.2 Å². The molecule has 10 heteroatoms. The summed E-state index contributed by atoms with van der Waals surface area (Å²) in [5, 5.41) is 24.1. The van der Waals surface area contributed by atoms with Crippen molar-refractivity contribution in [3.63, 3.8) is 0 Å². The average Bonchev–Trinajstić information content (AvgIpc) is 3.86. The largest absolute Gasteiger partial charge is 0.392 e. The second kappa shape index (κ2) is 10.0. The van der Waals surface area contributed by atoms with Crippen molar-refractivity contribution in [2.45, 2.75) is 75.2 Å². The Morgan fingerprint density at radius 1 is 1.13 bits per heavy atom. The quantitative estimate of drug-likeness (QED) is 0.271. The zero-order valence-electron chi connectivity index (χ0n) is 21.9. The molecule has 4 aliphatic rings. The van der Waals surface area contributed by atoms with Gasteiger partial charge in [-0.05, 0) is 72.7 Å². The molecule has 4 atom stereocenters. The van der Waals surface area contributed by atoms with Crippen LogP contribution in [0, 0.1) is 5.82 Å². The molecule has 2 saturated carbocycles. The average molecular weight is 534 g/mol. The number of hydrazine groups is 1. The van der Waals surface area contributed by atoms with E-state index in [2.05, 4.69) is 26.4 Å². The van der Waals surface area contributed by atoms with Crippen molar-refractivity contribution in [3.8, 4) is 5.69 Å². The van der Waals surface area contributed by atoms with E-state index in [1.165, 1.54) is 23.5 Å². The number of nitrogens with zero attached hydrogens (tertiary/aromatic N) is 2. The first-order chi connectivity index (χ1) is 19.0. The molecule has 2 aromatic carbocycles. The SMILES string of the molecule is NC1CC(c2cccc(-n3ccc4cc(C5CC5)cc(F)c4c3=O)c2CO)NC(NC2CNN(C3CC3)C2)N1. The Hall–Kier alpha value is -2.70. The van der Waals surface area contributed by atoms with Crippen LogP contribution in [0.3, 0.4) is 0 Å². The molecule has 0 radical (unpaired) electrons. The van der Waals surface area contributed by atoms with Crippen LogP contribution < -0.4 is 32.7 Å². The molecule has 3 aromatic rings. The van der Waals surface area contributed by atoms with Gasteiger partial charge in [0, 0.05) is 43.0 Å². The van der Waals surface area contributed by atoms with Gasteiger partial charge in [0.05, 0.1) is 23.8 Å². The topological polar surface area (TPSA) is 120 Å². The number of rotatable bonds is 7. The van der Waals surface area contributed by atoms with Gasteiger partial charge < -0.3 is 10.8 Å². The van der Waals surface area contributed by atoms with Crippen molar-refractivity contribution in [1.82, 2.24) is 31.0 Å². The minimum Gasteiger partial charge on any atom is -0.392 e. The molecular weight excluding hydrogens is 497 g/mol. The fourth-order valence-electron chi connectivity index (χ4n) is 6.28. The van der Waals surface area contributed by atoms with Crippen LogP contribution in [0.2, 0.25) is 0 Å². The number of aliphatic hydroxyl groups is 1. The van der Waals surface area contributed by atoms with E-state index in [0.29, 0.717) is 35.0 Å². The third-order valence-corrected chi connectivity index (χ3v) is 8.59. The van der Waals surface area contributed by atoms with E-state index < -0.39 is 11.4 Å². The lowest BCUT2D eigenvalue weighted by Gasteiger charge is -2.38. The molecule has 7 rings (SSSR count). The predicted molar refractivity (Wildman–Crippen MR) is 147 cm³/mol. The molecule has 2 saturated heterocycles. The minimum atomic E-state index is -0.489. The van der Waals surface area contributed by atoms with Crippen molar-refractivity contribution in [3.05, 3.63) is 75.5 Å². The Balaban J connectivity index is 1.18. The molecule has 4 unspecified atom stereocenters. The Morgan fingerprint density at radius 3 is 2.74 bits per heavy atom. The van der Waals surface area contributed by atoms with Crippen LogP contribution >= 0.6 is 0 Å². The number of aromatic nitrogens is 1. The summed E-state index contributed by atoms with van der Waals surface area (Å²) < 4.78 is 16.6. The van der Waals surface area contributed by atoms with E-state index in [4.69, 9.17) is 5.73 Å². The second-order valence-electron chi connectivity index (χ2n) is 11.5. The summed E-state index contributed by atoms with van der Waals surface area (Å²) in [7, 11) is 0. The molecule has 1 aromatic heterocycles. The van der Waals surface area contributed by atoms with Crippen LogP contribution in [0.4, 0.5) is 4.39 Å². The zero-order valence-corrected chi connectivity index (χ0v) is 21.9. The number of aliphatic hydroxyl groups excluding tert-OH is 1. The fraction of sp³-hybridized carbons (Fsp3) is 0.483. The van der Waals surface area contributed by atoms with E-state index in [-0.39, 0.29) is 36.5 Å². The molecule has 7 N–H and O–H groups in total. The fourth-order valence-corrected chi connectivity index (χ4v) is 6.28. The first-order valence-electron chi connectivity index (χ1n) is 14.1. The van der Waals surface area contributed by atoms with Crippen molar-refractivity contribution < 1.29 is 9.50 Å². The summed E-state index contributed by atoms with van der Waals surface area (Å²) in [4.78, 5) is 13.6. The lowest BCUT2D eigenvalue weighted by Crippen LogP contribution is -2.66. The van der Waals surface area contributed by atoms with E-state index in [9.17, 15) is 9.90 Å². The first-order valence-corrected chi connectivity index (χ1v) is 14.1. The summed E-state index contributed by atoms with van der Waals surface area (Å²) in [5.41, 5.74) is 12.5. The van der Waals surface area contributed by atoms with Gasteiger partial charge in [-0.1, -0.05) is 18.2 Å². The van der Waals surface area contributed by atoms with E-state index in [1.54, 1.807) is 18.3 Å². The number of pyridine rings is 1. The Morgan fingerprint density at radius 2 is 1.97 bits per heavy atom. The molecule has 206 valence electrons. The third kappa shape index (κ3) is 4.91. The Bertz CT molecular complexity index is 1450. The van der Waals surface area contributed by atoms with Gasteiger partial charge in [-0.15, -0.1) is 0 Å². The molecule has 2 aliphatic heterocycles. The summed E-state index contributed by atoms with van der Waals surface area (Å²) in [6, 6.07) is 11.6. The van der Waals surface area contributed by atoms with Crippen molar-refractivity contribution >= 4 is 10.8 Å². The molecule has 3 heterocycles. The number of fused-ring (bicyclic) bond motifs is 1. The van der Waals surface area contributed by atoms with E-state index in [0.717, 1.165) is 37.1 Å². The molecule has 39 heavy (non-hydrogen) atoms. The molecule has 0 bridgehead atoms. The molecule has 2 aliphatic carbocycles. The Kier molecular flexibility index (Phi) is 6.51. The second-order valence-corrected chi connectivity index (χ2v) is 11.5. The number of nitrogens with two attached hydrogens (primary N) is 1. The van der Waals surface area contributed by atoms with Crippen LogP contribution in [0.15, 0.2) is 47.4 Å². The number of benzene rings is 2. The first kappa shape index (κ1) is 25.3. The maximum absolute atomic E-state index is 15.2. The smallest absolute Gasteiger partial charge is 0.265 e. The van der Waals surface area contributed by atoms with Gasteiger partial charge in [0.25, 0.3) is 5.56 Å². The summed E-state index contributed by atoms with van der Waals surface area (Å²) in [5.74, 6) is -0.0924. The lowest BCUT2D eigenvalue weighted by molar-refractivity contribution is 0.193. The van der Waals surface area contributed by atoms with Crippen LogP contribution in [-0.2, 0) is 6.61 Å². The van der Waals surface area contributed by atoms with Gasteiger partial charge in [0.15, 0.2) is 0 Å². The van der Waals surface area contributed by atoms with Gasteiger partial charge in [-0.2, -0.15) is 0 Å². The van der Waals surface area contributed by atoms with Gasteiger partial charge >= 0.3 is 0 Å². The van der Waals surface area contributed by atoms with E-state index >= 15 is 4.39 Å². The number of nitrogens with one attached hydrogen (secondary N) is 4. The lowest BCUT2D eigenvalue weighted by atomic mass is 9.94. The van der Waals surface area contributed by atoms with Crippen LogP contribution in [0.25, 0.3) is 16.5 Å². The van der Waals surface area contributed by atoms with Gasteiger partial charge in [-0.3, -0.25) is 30.7 Å². The van der Waals surface area contributed by atoms with Gasteiger partial charge in [0.2, 0.25) is 0 Å². The highest BCUT2D eigenvalue weighted by Gasteiger charge is 2.36. The maximum Gasteiger partial charge on any atom is 0.265 e. The molecule has 0 amide bonds. The number of hydrogen-bond donors (Lipinski definition) is 6. The highest BCUT2D eigenvalue weighted by atomic mass is 19.1. The van der Waals surface area contributed by atoms with Crippen LogP contribution in [0.5, 0.6) is 0 Å². The van der Waals surface area contributed by atoms with Gasteiger partial charge in [-0.25, -0.2) is 9.40 Å². The highest BCUT2D eigenvalue weighted by Crippen LogP contribution is 2.41. The standard InChI is InChI=1S/C29H36FN7O2/c30-23-11-18(16-4-5-16)10-17-8-9-36(28(39)27(17)23)25-3-1-2-21(22(25)15-38)24-12-26(31)35-29(34-24)33-19-13-32-37(14-19)20-6-7-20/h1-3,8-11,16,19-20,24,26,29,32-35,38H,4-7,12-15,31H2. The zero-order chi connectivity index (χ0) is 26.7. The summed E-state index contributed by atoms with van der Waals surface area (Å²) >= 11 is 0. The van der Waals surface area contributed by atoms with Crippen molar-refractivity contribution in [2.75, 3.05) is 13.1 Å². The molecule has 4 fully saturated rings. The Labute approximate surface area is 226 Å². The highest BCUT2D eigenvalue weighted by molar-refractivity contribution is 5.83. The molecule has 9 nitrogen and oxygen atoms in total.